The minimum absolute atomic E-state index is 0. The SMILES string of the molecule is CCO.Cl.O=C(C1CCC2(CCNCC2)CC1)N1CCCC1. The van der Waals surface area contributed by atoms with E-state index in [1.165, 1.54) is 51.6 Å². The van der Waals surface area contributed by atoms with Gasteiger partial charge >= 0.3 is 0 Å². The van der Waals surface area contributed by atoms with Gasteiger partial charge in [-0.25, -0.2) is 0 Å². The Morgan fingerprint density at radius 2 is 1.64 bits per heavy atom. The first-order chi connectivity index (χ1) is 10.2. The van der Waals surface area contributed by atoms with Crippen molar-refractivity contribution in [2.75, 3.05) is 32.8 Å². The second-order valence-corrected chi connectivity index (χ2v) is 6.87. The quantitative estimate of drug-likeness (QED) is 0.776. The molecule has 1 amide bonds. The average Bonchev–Trinajstić information content (AvgIpc) is 3.03. The molecular weight excluding hydrogens is 300 g/mol. The summed E-state index contributed by atoms with van der Waals surface area (Å²) >= 11 is 0. The second-order valence-electron chi connectivity index (χ2n) is 6.87. The highest BCUT2D eigenvalue weighted by Crippen LogP contribution is 2.45. The molecule has 2 saturated heterocycles. The molecule has 0 unspecified atom stereocenters. The van der Waals surface area contributed by atoms with E-state index in [4.69, 9.17) is 5.11 Å². The van der Waals surface area contributed by atoms with E-state index >= 15 is 0 Å². The first-order valence-electron chi connectivity index (χ1n) is 8.81. The van der Waals surface area contributed by atoms with Crippen LogP contribution in [-0.2, 0) is 4.79 Å². The van der Waals surface area contributed by atoms with Gasteiger partial charge in [0.05, 0.1) is 0 Å². The Morgan fingerprint density at radius 1 is 1.14 bits per heavy atom. The third-order valence-corrected chi connectivity index (χ3v) is 5.48. The number of hydrogen-bond acceptors (Lipinski definition) is 3. The number of carbonyl (C=O) groups is 1. The number of nitrogens with one attached hydrogen (secondary N) is 1. The van der Waals surface area contributed by atoms with Gasteiger partial charge in [-0.2, -0.15) is 0 Å². The lowest BCUT2D eigenvalue weighted by molar-refractivity contribution is -0.136. The van der Waals surface area contributed by atoms with E-state index in [0.717, 1.165) is 25.9 Å². The minimum Gasteiger partial charge on any atom is -0.397 e. The van der Waals surface area contributed by atoms with Crippen LogP contribution in [0.5, 0.6) is 0 Å². The number of carbonyl (C=O) groups excluding carboxylic acids is 1. The first kappa shape index (κ1) is 19.7. The number of aliphatic hydroxyl groups excluding tert-OH is 1. The zero-order valence-electron chi connectivity index (χ0n) is 14.0. The summed E-state index contributed by atoms with van der Waals surface area (Å²) in [6.07, 6.45) is 9.97. The van der Waals surface area contributed by atoms with Gasteiger partial charge in [0, 0.05) is 25.6 Å². The van der Waals surface area contributed by atoms with Gasteiger partial charge in [0.25, 0.3) is 0 Å². The molecule has 0 aromatic carbocycles. The van der Waals surface area contributed by atoms with Gasteiger partial charge in [-0.3, -0.25) is 4.79 Å². The number of hydrogen-bond donors (Lipinski definition) is 2. The average molecular weight is 333 g/mol. The van der Waals surface area contributed by atoms with Crippen LogP contribution in [0.15, 0.2) is 0 Å². The fourth-order valence-electron chi connectivity index (χ4n) is 4.13. The van der Waals surface area contributed by atoms with Crippen molar-refractivity contribution < 1.29 is 9.90 Å². The summed E-state index contributed by atoms with van der Waals surface area (Å²) in [6.45, 7) is 6.34. The third kappa shape index (κ3) is 5.10. The minimum atomic E-state index is 0. The second kappa shape index (κ2) is 9.74. The number of aliphatic hydroxyl groups is 1. The Balaban J connectivity index is 0.000000562. The summed E-state index contributed by atoms with van der Waals surface area (Å²) < 4.78 is 0. The van der Waals surface area contributed by atoms with Crippen LogP contribution in [0.25, 0.3) is 0 Å². The highest BCUT2D eigenvalue weighted by molar-refractivity contribution is 5.85. The van der Waals surface area contributed by atoms with Gasteiger partial charge in [0.2, 0.25) is 5.91 Å². The van der Waals surface area contributed by atoms with Crippen molar-refractivity contribution in [3.63, 3.8) is 0 Å². The maximum Gasteiger partial charge on any atom is 0.225 e. The predicted molar refractivity (Wildman–Crippen MR) is 92.3 cm³/mol. The van der Waals surface area contributed by atoms with Crippen molar-refractivity contribution in [3.05, 3.63) is 0 Å². The lowest BCUT2D eigenvalue weighted by Crippen LogP contribution is -2.42. The summed E-state index contributed by atoms with van der Waals surface area (Å²) in [7, 11) is 0. The number of halogens is 1. The van der Waals surface area contributed by atoms with Crippen LogP contribution >= 0.6 is 12.4 Å². The Hall–Kier alpha value is -0.320. The van der Waals surface area contributed by atoms with Gasteiger partial charge in [0.1, 0.15) is 0 Å². The van der Waals surface area contributed by atoms with Crippen molar-refractivity contribution in [1.29, 1.82) is 0 Å². The van der Waals surface area contributed by atoms with E-state index in [0.29, 0.717) is 17.2 Å². The Bertz CT molecular complexity index is 317. The Labute approximate surface area is 141 Å². The monoisotopic (exact) mass is 332 g/mol. The molecular formula is C17H33ClN2O2. The number of likely N-dealkylation sites (tertiary alicyclic amines) is 1. The maximum absolute atomic E-state index is 12.4. The molecule has 0 aromatic heterocycles. The van der Waals surface area contributed by atoms with Gasteiger partial charge < -0.3 is 15.3 Å². The number of nitrogens with zero attached hydrogens (tertiary/aromatic N) is 1. The van der Waals surface area contributed by atoms with E-state index in [-0.39, 0.29) is 19.0 Å². The summed E-state index contributed by atoms with van der Waals surface area (Å²) in [5.74, 6) is 0.819. The summed E-state index contributed by atoms with van der Waals surface area (Å²) in [5.41, 5.74) is 0.590. The third-order valence-electron chi connectivity index (χ3n) is 5.48. The molecule has 3 rings (SSSR count). The van der Waals surface area contributed by atoms with Gasteiger partial charge in [-0.05, 0) is 76.8 Å². The topological polar surface area (TPSA) is 52.6 Å². The number of rotatable bonds is 1. The largest absolute Gasteiger partial charge is 0.397 e. The van der Waals surface area contributed by atoms with Crippen LogP contribution in [0.4, 0.5) is 0 Å². The van der Waals surface area contributed by atoms with E-state index in [2.05, 4.69) is 10.2 Å². The van der Waals surface area contributed by atoms with Gasteiger partial charge in [-0.1, -0.05) is 0 Å². The molecule has 1 spiro atoms. The molecule has 0 bridgehead atoms. The number of amides is 1. The van der Waals surface area contributed by atoms with Crippen molar-refractivity contribution >= 4 is 18.3 Å². The standard InChI is InChI=1S/C15H26N2O.C2H6O.ClH/c18-14(17-11-1-2-12-17)13-3-5-15(6-4-13)7-9-16-10-8-15;1-2-3;/h13,16H,1-12H2;3H,2H2,1H3;1H. The lowest BCUT2D eigenvalue weighted by atomic mass is 9.65. The summed E-state index contributed by atoms with van der Waals surface area (Å²) in [4.78, 5) is 14.5. The lowest BCUT2D eigenvalue weighted by Gasteiger charge is -2.43. The molecule has 5 heteroatoms. The van der Waals surface area contributed by atoms with E-state index in [1.54, 1.807) is 6.92 Å². The highest BCUT2D eigenvalue weighted by atomic mass is 35.5. The number of piperidine rings is 1. The van der Waals surface area contributed by atoms with Crippen LogP contribution in [0.1, 0.15) is 58.3 Å². The maximum atomic E-state index is 12.4. The van der Waals surface area contributed by atoms with Gasteiger partial charge in [0.15, 0.2) is 0 Å². The molecule has 3 fully saturated rings. The van der Waals surface area contributed by atoms with E-state index in [9.17, 15) is 4.79 Å². The molecule has 2 heterocycles. The fourth-order valence-corrected chi connectivity index (χ4v) is 4.13. The molecule has 0 atom stereocenters. The zero-order chi connectivity index (χ0) is 15.1. The van der Waals surface area contributed by atoms with Crippen molar-refractivity contribution in [1.82, 2.24) is 10.2 Å². The van der Waals surface area contributed by atoms with E-state index in [1.807, 2.05) is 0 Å². The molecule has 4 nitrogen and oxygen atoms in total. The van der Waals surface area contributed by atoms with Crippen molar-refractivity contribution in [2.45, 2.75) is 58.3 Å². The normalized spacial score (nSPS) is 24.4. The smallest absolute Gasteiger partial charge is 0.225 e. The van der Waals surface area contributed by atoms with Crippen molar-refractivity contribution in [2.24, 2.45) is 11.3 Å². The Morgan fingerprint density at radius 3 is 2.14 bits per heavy atom. The zero-order valence-corrected chi connectivity index (χ0v) is 14.8. The molecule has 2 N–H and O–H groups in total. The molecule has 3 aliphatic rings. The first-order valence-corrected chi connectivity index (χ1v) is 8.81. The van der Waals surface area contributed by atoms with Gasteiger partial charge in [-0.15, -0.1) is 12.4 Å². The van der Waals surface area contributed by atoms with Crippen molar-refractivity contribution in [3.8, 4) is 0 Å². The van der Waals surface area contributed by atoms with E-state index < -0.39 is 0 Å². The summed E-state index contributed by atoms with van der Waals surface area (Å²) in [5, 5.41) is 11.0. The van der Waals surface area contributed by atoms with Crippen LogP contribution in [0, 0.1) is 11.3 Å². The molecule has 1 saturated carbocycles. The molecule has 2 aliphatic heterocycles. The molecule has 1 aliphatic carbocycles. The molecule has 22 heavy (non-hydrogen) atoms. The molecule has 0 radical (unpaired) electrons. The molecule has 130 valence electrons. The Kier molecular flexibility index (Phi) is 8.73. The van der Waals surface area contributed by atoms with Crippen LogP contribution in [0.2, 0.25) is 0 Å². The van der Waals surface area contributed by atoms with Crippen LogP contribution in [-0.4, -0.2) is 48.7 Å². The van der Waals surface area contributed by atoms with Crippen LogP contribution < -0.4 is 5.32 Å². The fraction of sp³-hybridized carbons (Fsp3) is 0.941. The van der Waals surface area contributed by atoms with Crippen LogP contribution in [0.3, 0.4) is 0 Å². The molecule has 0 aromatic rings. The predicted octanol–water partition coefficient (Wildman–Crippen LogP) is 2.59. The summed E-state index contributed by atoms with van der Waals surface area (Å²) in [6, 6.07) is 0. The highest BCUT2D eigenvalue weighted by Gasteiger charge is 2.39.